The molecule has 3 aromatic carbocycles. The maximum atomic E-state index is 11.8. The van der Waals surface area contributed by atoms with E-state index >= 15 is 0 Å². The summed E-state index contributed by atoms with van der Waals surface area (Å²) >= 11 is 0. The van der Waals surface area contributed by atoms with Crippen molar-refractivity contribution in [1.29, 1.82) is 0 Å². The Labute approximate surface area is 187 Å². The smallest absolute Gasteiger partial charge is 0.213 e. The van der Waals surface area contributed by atoms with Gasteiger partial charge in [-0.25, -0.2) is 13.6 Å². The predicted molar refractivity (Wildman–Crippen MR) is 122 cm³/mol. The fourth-order valence-electron chi connectivity index (χ4n) is 4.18. The summed E-state index contributed by atoms with van der Waals surface area (Å²) in [6, 6.07) is 14.9. The molecule has 2 N–H and O–H groups in total. The molecule has 0 saturated heterocycles. The van der Waals surface area contributed by atoms with E-state index in [4.69, 9.17) is 24.1 Å². The van der Waals surface area contributed by atoms with Gasteiger partial charge in [0.05, 0.1) is 32.6 Å². The summed E-state index contributed by atoms with van der Waals surface area (Å²) in [4.78, 5) is 0. The second-order valence-corrected chi connectivity index (χ2v) is 9.18. The van der Waals surface area contributed by atoms with E-state index in [1.165, 1.54) is 0 Å². The van der Waals surface area contributed by atoms with Crippen molar-refractivity contribution in [2.45, 2.75) is 18.8 Å². The molecule has 0 radical (unpaired) electrons. The topological polar surface area (TPSA) is 97.1 Å². The quantitative estimate of drug-likeness (QED) is 0.604. The lowest BCUT2D eigenvalue weighted by Gasteiger charge is -2.32. The van der Waals surface area contributed by atoms with Crippen molar-refractivity contribution < 1.29 is 27.4 Å². The minimum atomic E-state index is -3.70. The number of methoxy groups -OCH3 is 3. The van der Waals surface area contributed by atoms with Crippen LogP contribution in [-0.4, -0.2) is 29.7 Å². The third kappa shape index (κ3) is 3.87. The molecule has 0 saturated carbocycles. The van der Waals surface area contributed by atoms with Gasteiger partial charge in [0.15, 0.2) is 11.5 Å². The Hall–Kier alpha value is -3.23. The first-order chi connectivity index (χ1) is 15.3. The summed E-state index contributed by atoms with van der Waals surface area (Å²) in [5, 5.41) is 5.34. The van der Waals surface area contributed by atoms with Gasteiger partial charge in [-0.1, -0.05) is 24.3 Å². The van der Waals surface area contributed by atoms with Gasteiger partial charge in [0, 0.05) is 11.1 Å². The molecule has 1 atom stereocenters. The molecule has 0 aromatic heterocycles. The van der Waals surface area contributed by atoms with Crippen molar-refractivity contribution >= 4 is 10.0 Å². The lowest BCUT2D eigenvalue weighted by molar-refractivity contribution is 0.240. The number of hydrogen-bond acceptors (Lipinski definition) is 6. The van der Waals surface area contributed by atoms with Crippen LogP contribution in [0.5, 0.6) is 23.0 Å². The highest BCUT2D eigenvalue weighted by Crippen LogP contribution is 2.51. The van der Waals surface area contributed by atoms with Gasteiger partial charge in [0.25, 0.3) is 0 Å². The van der Waals surface area contributed by atoms with E-state index < -0.39 is 16.1 Å². The number of sulfonamides is 1. The van der Waals surface area contributed by atoms with Gasteiger partial charge < -0.3 is 18.9 Å². The average molecular weight is 456 g/mol. The van der Waals surface area contributed by atoms with Crippen LogP contribution < -0.4 is 24.1 Å². The summed E-state index contributed by atoms with van der Waals surface area (Å²) in [5.41, 5.74) is 4.86. The lowest BCUT2D eigenvalue weighted by atomic mass is 9.84. The van der Waals surface area contributed by atoms with Gasteiger partial charge in [-0.2, -0.15) is 0 Å². The number of benzene rings is 3. The molecular weight excluding hydrogens is 430 g/mol. The molecule has 168 valence electrons. The van der Waals surface area contributed by atoms with Crippen molar-refractivity contribution in [1.82, 2.24) is 0 Å². The summed E-state index contributed by atoms with van der Waals surface area (Å²) < 4.78 is 46.6. The zero-order valence-corrected chi connectivity index (χ0v) is 19.2. The van der Waals surface area contributed by atoms with Crippen LogP contribution in [0.1, 0.15) is 28.4 Å². The van der Waals surface area contributed by atoms with Gasteiger partial charge in [-0.15, -0.1) is 0 Å². The molecule has 7 nitrogen and oxygen atoms in total. The monoisotopic (exact) mass is 455 g/mol. The Morgan fingerprint density at radius 3 is 2.31 bits per heavy atom. The fourth-order valence-corrected chi connectivity index (χ4v) is 4.93. The molecule has 0 spiro atoms. The van der Waals surface area contributed by atoms with Crippen LogP contribution in [-0.2, 0) is 15.8 Å². The second kappa shape index (κ2) is 8.37. The number of nitrogens with two attached hydrogens (primary N) is 1. The first-order valence-corrected chi connectivity index (χ1v) is 11.7. The van der Waals surface area contributed by atoms with Crippen molar-refractivity contribution in [3.63, 3.8) is 0 Å². The molecule has 1 heterocycles. The summed E-state index contributed by atoms with van der Waals surface area (Å²) in [6.07, 6.45) is -0.496. The summed E-state index contributed by atoms with van der Waals surface area (Å²) in [6.45, 7) is 1.89. The molecule has 1 aliphatic heterocycles. The molecule has 1 aliphatic rings. The molecule has 0 amide bonds. The number of primary sulfonamides is 1. The van der Waals surface area contributed by atoms with Gasteiger partial charge in [0.1, 0.15) is 17.6 Å². The van der Waals surface area contributed by atoms with Gasteiger partial charge in [0.2, 0.25) is 10.0 Å². The van der Waals surface area contributed by atoms with Gasteiger partial charge >= 0.3 is 0 Å². The molecule has 0 bridgehead atoms. The van der Waals surface area contributed by atoms with Crippen molar-refractivity contribution in [3.05, 3.63) is 70.8 Å². The summed E-state index contributed by atoms with van der Waals surface area (Å²) in [7, 11) is 1.06. The third-order valence-corrected chi connectivity index (χ3v) is 6.39. The first kappa shape index (κ1) is 22.0. The van der Waals surface area contributed by atoms with Crippen LogP contribution in [0.3, 0.4) is 0 Å². The van der Waals surface area contributed by atoms with E-state index in [9.17, 15) is 8.42 Å². The highest BCUT2D eigenvalue weighted by molar-refractivity contribution is 7.88. The van der Waals surface area contributed by atoms with Crippen molar-refractivity contribution in [2.75, 3.05) is 21.3 Å². The SMILES string of the molecule is COc1ccc(C2Oc3cccc(OC)c3-c3ccc(CS(N)(=O)=O)c(C)c32)cc1OC. The molecule has 0 aliphatic carbocycles. The standard InChI is InChI=1S/C24H25NO6S/c1-14-16(13-32(25,26)27)8-10-17-22(14)24(15-9-11-18(28-2)21(12-15)30-4)31-20-7-5-6-19(29-3)23(17)20/h5-12,24H,13H2,1-4H3,(H2,25,26,27). The Kier molecular flexibility index (Phi) is 5.75. The van der Waals surface area contributed by atoms with E-state index in [0.717, 1.165) is 27.8 Å². The van der Waals surface area contributed by atoms with Crippen LogP contribution in [0.15, 0.2) is 48.5 Å². The Morgan fingerprint density at radius 2 is 1.66 bits per heavy atom. The highest BCUT2D eigenvalue weighted by Gasteiger charge is 2.32. The Morgan fingerprint density at radius 1 is 0.938 bits per heavy atom. The maximum Gasteiger partial charge on any atom is 0.213 e. The third-order valence-electron chi connectivity index (χ3n) is 5.68. The maximum absolute atomic E-state index is 11.8. The number of ether oxygens (including phenoxy) is 4. The minimum absolute atomic E-state index is 0.260. The first-order valence-electron chi connectivity index (χ1n) is 9.96. The number of fused-ring (bicyclic) bond motifs is 3. The molecule has 4 rings (SSSR count). The molecular formula is C24H25NO6S. The molecule has 0 fully saturated rings. The lowest BCUT2D eigenvalue weighted by Crippen LogP contribution is -2.20. The minimum Gasteiger partial charge on any atom is -0.496 e. The summed E-state index contributed by atoms with van der Waals surface area (Å²) in [5.74, 6) is 2.27. The Bertz CT molecular complexity index is 1290. The van der Waals surface area contributed by atoms with Crippen molar-refractivity contribution in [2.24, 2.45) is 5.14 Å². The van der Waals surface area contributed by atoms with Crippen LogP contribution >= 0.6 is 0 Å². The number of hydrogen-bond donors (Lipinski definition) is 1. The van der Waals surface area contributed by atoms with E-state index in [-0.39, 0.29) is 5.75 Å². The molecule has 3 aromatic rings. The van der Waals surface area contributed by atoms with Gasteiger partial charge in [-0.3, -0.25) is 0 Å². The van der Waals surface area contributed by atoms with E-state index in [0.29, 0.717) is 28.6 Å². The average Bonchev–Trinajstić information content (AvgIpc) is 2.78. The Balaban J connectivity index is 1.97. The normalized spacial score (nSPS) is 14.7. The van der Waals surface area contributed by atoms with Crippen molar-refractivity contribution in [3.8, 4) is 34.1 Å². The zero-order chi connectivity index (χ0) is 23.0. The van der Waals surface area contributed by atoms with E-state index in [2.05, 4.69) is 0 Å². The van der Waals surface area contributed by atoms with E-state index in [1.807, 2.05) is 49.4 Å². The largest absolute Gasteiger partial charge is 0.496 e. The van der Waals surface area contributed by atoms with Crippen LogP contribution in [0.2, 0.25) is 0 Å². The zero-order valence-electron chi connectivity index (χ0n) is 18.3. The second-order valence-electron chi connectivity index (χ2n) is 7.56. The molecule has 8 heteroatoms. The van der Waals surface area contributed by atoms with Crippen LogP contribution in [0.25, 0.3) is 11.1 Å². The molecule has 1 unspecified atom stereocenters. The van der Waals surface area contributed by atoms with Crippen LogP contribution in [0, 0.1) is 6.92 Å². The van der Waals surface area contributed by atoms with Crippen LogP contribution in [0.4, 0.5) is 0 Å². The molecule has 32 heavy (non-hydrogen) atoms. The van der Waals surface area contributed by atoms with Gasteiger partial charge in [-0.05, 0) is 47.9 Å². The fraction of sp³-hybridized carbons (Fsp3) is 0.250. The number of rotatable bonds is 6. The van der Waals surface area contributed by atoms with E-state index in [1.54, 1.807) is 27.4 Å². The highest BCUT2D eigenvalue weighted by atomic mass is 32.2. The predicted octanol–water partition coefficient (Wildman–Crippen LogP) is 3.96.